The summed E-state index contributed by atoms with van der Waals surface area (Å²) in [6, 6.07) is 5.78. The molecular weight excluding hydrogens is 242 g/mol. The first kappa shape index (κ1) is 15.2. The molecule has 1 aliphatic heterocycles. The van der Waals surface area contributed by atoms with Crippen molar-refractivity contribution in [1.82, 2.24) is 4.90 Å². The number of fused-ring (bicyclic) bond motifs is 1. The zero-order valence-electron chi connectivity index (χ0n) is 12.0. The van der Waals surface area contributed by atoms with Crippen molar-refractivity contribution in [2.45, 2.75) is 27.2 Å². The highest BCUT2D eigenvalue weighted by Gasteiger charge is 2.25. The lowest BCUT2D eigenvalue weighted by Gasteiger charge is -2.27. The van der Waals surface area contributed by atoms with Crippen LogP contribution >= 0.6 is 0 Å². The zero-order chi connectivity index (χ0) is 14.4. The van der Waals surface area contributed by atoms with E-state index in [4.69, 9.17) is 0 Å². The van der Waals surface area contributed by atoms with Gasteiger partial charge in [-0.05, 0) is 25.0 Å². The summed E-state index contributed by atoms with van der Waals surface area (Å²) in [5.41, 5.74) is 2.92. The largest absolute Gasteiger partial charge is 0.468 e. The molecule has 0 atom stereocenters. The standard InChI is InChI=1S/C13H15NO3.C2H6/c1-9-3-4-11-10(7-9)5-6-14(13(11)16)8-12(15)17-2;1-2/h3-4,7H,5-6,8H2,1-2H3;1-2H3. The van der Waals surface area contributed by atoms with Gasteiger partial charge in [-0.2, -0.15) is 0 Å². The third kappa shape index (κ3) is 3.56. The molecule has 0 N–H and O–H groups in total. The molecular formula is C15H21NO3. The molecule has 0 spiro atoms. The van der Waals surface area contributed by atoms with Crippen molar-refractivity contribution in [2.24, 2.45) is 0 Å². The van der Waals surface area contributed by atoms with Crippen molar-refractivity contribution in [3.8, 4) is 0 Å². The first-order valence-corrected chi connectivity index (χ1v) is 6.57. The van der Waals surface area contributed by atoms with Gasteiger partial charge in [0.05, 0.1) is 7.11 Å². The van der Waals surface area contributed by atoms with E-state index >= 15 is 0 Å². The Bertz CT molecular complexity index is 468. The second kappa shape index (κ2) is 6.92. The molecule has 0 saturated carbocycles. The summed E-state index contributed by atoms with van der Waals surface area (Å²) in [6.07, 6.45) is 0.791. The van der Waals surface area contributed by atoms with E-state index in [1.165, 1.54) is 12.0 Å². The minimum atomic E-state index is -0.381. The summed E-state index contributed by atoms with van der Waals surface area (Å²) in [4.78, 5) is 24.8. The Morgan fingerprint density at radius 3 is 2.68 bits per heavy atom. The average Bonchev–Trinajstić information content (AvgIpc) is 2.44. The van der Waals surface area contributed by atoms with Gasteiger partial charge in [0.2, 0.25) is 0 Å². The Hall–Kier alpha value is -1.84. The maximum absolute atomic E-state index is 12.1. The van der Waals surface area contributed by atoms with Gasteiger partial charge >= 0.3 is 5.97 Å². The lowest BCUT2D eigenvalue weighted by Crippen LogP contribution is -2.41. The molecule has 1 aromatic rings. The van der Waals surface area contributed by atoms with Gasteiger partial charge in [0.1, 0.15) is 6.54 Å². The molecule has 0 radical (unpaired) electrons. The molecule has 0 aliphatic carbocycles. The van der Waals surface area contributed by atoms with Crippen LogP contribution in [-0.4, -0.2) is 37.0 Å². The van der Waals surface area contributed by atoms with Crippen LogP contribution in [0.2, 0.25) is 0 Å². The quantitative estimate of drug-likeness (QED) is 0.768. The van der Waals surface area contributed by atoms with E-state index < -0.39 is 0 Å². The Kier molecular flexibility index (Phi) is 5.55. The summed E-state index contributed by atoms with van der Waals surface area (Å²) >= 11 is 0. The number of carbonyl (C=O) groups is 2. The number of hydrogen-bond acceptors (Lipinski definition) is 3. The highest BCUT2D eigenvalue weighted by molar-refractivity contribution is 5.98. The van der Waals surface area contributed by atoms with E-state index in [0.717, 1.165) is 17.5 Å². The minimum absolute atomic E-state index is 0.0304. The fourth-order valence-electron chi connectivity index (χ4n) is 2.04. The minimum Gasteiger partial charge on any atom is -0.468 e. The van der Waals surface area contributed by atoms with Crippen LogP contribution in [0, 0.1) is 6.92 Å². The Morgan fingerprint density at radius 2 is 2.05 bits per heavy atom. The van der Waals surface area contributed by atoms with Crippen molar-refractivity contribution in [2.75, 3.05) is 20.2 Å². The molecule has 0 bridgehead atoms. The topological polar surface area (TPSA) is 46.6 Å². The highest BCUT2D eigenvalue weighted by Crippen LogP contribution is 2.20. The molecule has 19 heavy (non-hydrogen) atoms. The van der Waals surface area contributed by atoms with Gasteiger partial charge in [-0.1, -0.05) is 31.5 Å². The molecule has 1 aromatic carbocycles. The number of esters is 1. The number of aryl methyl sites for hydroxylation is 1. The van der Waals surface area contributed by atoms with Crippen molar-refractivity contribution < 1.29 is 14.3 Å². The Balaban J connectivity index is 0.000000861. The fraction of sp³-hybridized carbons (Fsp3) is 0.467. The van der Waals surface area contributed by atoms with Gasteiger partial charge in [-0.3, -0.25) is 9.59 Å². The lowest BCUT2D eigenvalue weighted by molar-refractivity contribution is -0.141. The molecule has 4 heteroatoms. The van der Waals surface area contributed by atoms with Gasteiger partial charge in [0.25, 0.3) is 5.91 Å². The van der Waals surface area contributed by atoms with Gasteiger partial charge in [-0.25, -0.2) is 0 Å². The highest BCUT2D eigenvalue weighted by atomic mass is 16.5. The summed E-state index contributed by atoms with van der Waals surface area (Å²) < 4.78 is 4.58. The van der Waals surface area contributed by atoms with E-state index in [1.807, 2.05) is 39.0 Å². The van der Waals surface area contributed by atoms with Gasteiger partial charge in [0, 0.05) is 12.1 Å². The Morgan fingerprint density at radius 1 is 1.37 bits per heavy atom. The number of rotatable bonds is 2. The number of methoxy groups -OCH3 is 1. The number of benzene rings is 1. The van der Waals surface area contributed by atoms with Crippen LogP contribution in [0.3, 0.4) is 0 Å². The molecule has 0 aromatic heterocycles. The summed E-state index contributed by atoms with van der Waals surface area (Å²) in [6.45, 7) is 6.61. The number of nitrogens with zero attached hydrogens (tertiary/aromatic N) is 1. The van der Waals surface area contributed by atoms with Crippen LogP contribution in [0.5, 0.6) is 0 Å². The van der Waals surface area contributed by atoms with Gasteiger partial charge < -0.3 is 9.64 Å². The summed E-state index contributed by atoms with van der Waals surface area (Å²) in [5.74, 6) is -0.467. The second-order valence-corrected chi connectivity index (χ2v) is 4.21. The molecule has 2 rings (SSSR count). The number of amides is 1. The van der Waals surface area contributed by atoms with E-state index in [0.29, 0.717) is 12.1 Å². The molecule has 0 saturated heterocycles. The predicted molar refractivity (Wildman–Crippen MR) is 74.2 cm³/mol. The monoisotopic (exact) mass is 263 g/mol. The van der Waals surface area contributed by atoms with E-state index in [1.54, 1.807) is 0 Å². The molecule has 1 heterocycles. The van der Waals surface area contributed by atoms with Crippen LogP contribution in [0.4, 0.5) is 0 Å². The van der Waals surface area contributed by atoms with E-state index in [2.05, 4.69) is 4.74 Å². The number of carbonyl (C=O) groups excluding carboxylic acids is 2. The van der Waals surface area contributed by atoms with Crippen LogP contribution in [0.25, 0.3) is 0 Å². The normalized spacial score (nSPS) is 13.3. The molecule has 1 aliphatic rings. The van der Waals surface area contributed by atoms with Crippen molar-refractivity contribution >= 4 is 11.9 Å². The molecule has 1 amide bonds. The van der Waals surface area contributed by atoms with Crippen molar-refractivity contribution in [1.29, 1.82) is 0 Å². The third-order valence-corrected chi connectivity index (χ3v) is 2.98. The average molecular weight is 263 g/mol. The smallest absolute Gasteiger partial charge is 0.325 e. The molecule has 104 valence electrons. The van der Waals surface area contributed by atoms with Crippen LogP contribution in [0.15, 0.2) is 18.2 Å². The zero-order valence-corrected chi connectivity index (χ0v) is 12.0. The summed E-state index contributed by atoms with van der Waals surface area (Å²) in [5, 5.41) is 0. The SMILES string of the molecule is CC.COC(=O)CN1CCc2cc(C)ccc2C1=O. The number of ether oxygens (including phenoxy) is 1. The maximum Gasteiger partial charge on any atom is 0.325 e. The number of hydrogen-bond donors (Lipinski definition) is 0. The Labute approximate surface area is 114 Å². The van der Waals surface area contributed by atoms with Gasteiger partial charge in [-0.15, -0.1) is 0 Å². The van der Waals surface area contributed by atoms with Crippen LogP contribution in [-0.2, 0) is 16.0 Å². The van der Waals surface area contributed by atoms with Crippen LogP contribution in [0.1, 0.15) is 35.3 Å². The lowest BCUT2D eigenvalue weighted by atomic mass is 9.97. The van der Waals surface area contributed by atoms with Crippen LogP contribution < -0.4 is 0 Å². The maximum atomic E-state index is 12.1. The predicted octanol–water partition coefficient (Wildman–Crippen LogP) is 2.19. The first-order valence-electron chi connectivity index (χ1n) is 6.57. The van der Waals surface area contributed by atoms with Crippen molar-refractivity contribution in [3.05, 3.63) is 34.9 Å². The molecule has 0 unspecified atom stereocenters. The van der Waals surface area contributed by atoms with Crippen molar-refractivity contribution in [3.63, 3.8) is 0 Å². The second-order valence-electron chi connectivity index (χ2n) is 4.21. The third-order valence-electron chi connectivity index (χ3n) is 2.98. The first-order chi connectivity index (χ1) is 9.11. The van der Waals surface area contributed by atoms with Gasteiger partial charge in [0.15, 0.2) is 0 Å². The molecule has 0 fully saturated rings. The molecule has 4 nitrogen and oxygen atoms in total. The summed E-state index contributed by atoms with van der Waals surface area (Å²) in [7, 11) is 1.33. The van der Waals surface area contributed by atoms with E-state index in [-0.39, 0.29) is 18.4 Å². The van der Waals surface area contributed by atoms with E-state index in [9.17, 15) is 9.59 Å². The fourth-order valence-corrected chi connectivity index (χ4v) is 2.04.